The van der Waals surface area contributed by atoms with Crippen LogP contribution >= 0.6 is 0 Å². The van der Waals surface area contributed by atoms with Crippen molar-refractivity contribution in [2.75, 3.05) is 13.7 Å². The van der Waals surface area contributed by atoms with E-state index in [2.05, 4.69) is 19.2 Å². The standard InChI is InChI=1S/C15H23NO2/c1-10(2)12-6-7-15(18-5)13(8-12)14(17)9-16-11(3)4/h6-8,10-11,16H,9H2,1-5H3. The van der Waals surface area contributed by atoms with Crippen LogP contribution in [0, 0.1) is 0 Å². The third-order valence-corrected chi connectivity index (χ3v) is 2.86. The number of ketones is 1. The Labute approximate surface area is 110 Å². The predicted molar refractivity (Wildman–Crippen MR) is 74.6 cm³/mol. The molecule has 0 spiro atoms. The van der Waals surface area contributed by atoms with Crippen molar-refractivity contribution in [3.63, 3.8) is 0 Å². The van der Waals surface area contributed by atoms with E-state index in [1.807, 2.05) is 32.0 Å². The van der Waals surface area contributed by atoms with Crippen LogP contribution in [0.2, 0.25) is 0 Å². The number of rotatable bonds is 6. The number of ether oxygens (including phenoxy) is 1. The molecule has 0 aliphatic rings. The molecule has 0 bridgehead atoms. The summed E-state index contributed by atoms with van der Waals surface area (Å²) in [5.74, 6) is 1.12. The van der Waals surface area contributed by atoms with Gasteiger partial charge in [-0.3, -0.25) is 4.79 Å². The molecule has 1 N–H and O–H groups in total. The van der Waals surface area contributed by atoms with E-state index in [9.17, 15) is 4.79 Å². The minimum Gasteiger partial charge on any atom is -0.496 e. The Hall–Kier alpha value is -1.35. The summed E-state index contributed by atoms with van der Waals surface area (Å²) in [6, 6.07) is 6.12. The first-order chi connectivity index (χ1) is 8.45. The van der Waals surface area contributed by atoms with Crippen molar-refractivity contribution < 1.29 is 9.53 Å². The summed E-state index contributed by atoms with van der Waals surface area (Å²) in [4.78, 5) is 12.2. The highest BCUT2D eigenvalue weighted by Crippen LogP contribution is 2.24. The van der Waals surface area contributed by atoms with Gasteiger partial charge in [-0.2, -0.15) is 0 Å². The molecular formula is C15H23NO2. The van der Waals surface area contributed by atoms with Gasteiger partial charge in [-0.15, -0.1) is 0 Å². The van der Waals surface area contributed by atoms with Crippen LogP contribution in [0.15, 0.2) is 18.2 Å². The quantitative estimate of drug-likeness (QED) is 0.788. The molecule has 1 aromatic carbocycles. The summed E-state index contributed by atoms with van der Waals surface area (Å²) in [6.07, 6.45) is 0. The van der Waals surface area contributed by atoms with Crippen molar-refractivity contribution in [1.82, 2.24) is 5.32 Å². The van der Waals surface area contributed by atoms with Gasteiger partial charge in [-0.05, 0) is 23.6 Å². The van der Waals surface area contributed by atoms with Gasteiger partial charge < -0.3 is 10.1 Å². The van der Waals surface area contributed by atoms with E-state index in [-0.39, 0.29) is 5.78 Å². The van der Waals surface area contributed by atoms with E-state index in [4.69, 9.17) is 4.74 Å². The molecule has 0 heterocycles. The van der Waals surface area contributed by atoms with E-state index < -0.39 is 0 Å². The molecule has 0 aliphatic carbocycles. The van der Waals surface area contributed by atoms with Gasteiger partial charge in [0.2, 0.25) is 0 Å². The Kier molecular flexibility index (Phi) is 5.35. The fourth-order valence-electron chi connectivity index (χ4n) is 1.69. The largest absolute Gasteiger partial charge is 0.496 e. The summed E-state index contributed by atoms with van der Waals surface area (Å²) in [6.45, 7) is 8.62. The molecule has 0 aromatic heterocycles. The molecule has 0 radical (unpaired) electrons. The third-order valence-electron chi connectivity index (χ3n) is 2.86. The van der Waals surface area contributed by atoms with Gasteiger partial charge in [0.1, 0.15) is 5.75 Å². The molecule has 3 nitrogen and oxygen atoms in total. The van der Waals surface area contributed by atoms with Gasteiger partial charge >= 0.3 is 0 Å². The zero-order valence-corrected chi connectivity index (χ0v) is 11.9. The topological polar surface area (TPSA) is 38.3 Å². The lowest BCUT2D eigenvalue weighted by Crippen LogP contribution is -2.29. The third kappa shape index (κ3) is 3.84. The van der Waals surface area contributed by atoms with E-state index in [1.165, 1.54) is 0 Å². The zero-order chi connectivity index (χ0) is 13.7. The molecule has 0 amide bonds. The second-order valence-corrected chi connectivity index (χ2v) is 5.07. The summed E-state index contributed by atoms with van der Waals surface area (Å²) in [5, 5.41) is 3.14. The van der Waals surface area contributed by atoms with Crippen molar-refractivity contribution in [3.8, 4) is 5.75 Å². The van der Waals surface area contributed by atoms with Crippen LogP contribution in [-0.4, -0.2) is 25.5 Å². The summed E-state index contributed by atoms with van der Waals surface area (Å²) < 4.78 is 5.26. The number of nitrogens with one attached hydrogen (secondary N) is 1. The number of Topliss-reactive ketones (excluding diaryl/α,β-unsaturated/α-hetero) is 1. The molecular weight excluding hydrogens is 226 g/mol. The second-order valence-electron chi connectivity index (χ2n) is 5.07. The van der Waals surface area contributed by atoms with Crippen LogP contribution in [0.4, 0.5) is 0 Å². The molecule has 0 aliphatic heterocycles. The molecule has 1 aromatic rings. The normalized spacial score (nSPS) is 11.1. The summed E-state index contributed by atoms with van der Waals surface area (Å²) in [7, 11) is 1.59. The number of carbonyl (C=O) groups excluding carboxylic acids is 1. The van der Waals surface area contributed by atoms with E-state index >= 15 is 0 Å². The molecule has 1 rings (SSSR count). The van der Waals surface area contributed by atoms with Crippen molar-refractivity contribution in [2.24, 2.45) is 0 Å². The zero-order valence-electron chi connectivity index (χ0n) is 11.9. The first-order valence-electron chi connectivity index (χ1n) is 6.40. The molecule has 18 heavy (non-hydrogen) atoms. The molecule has 0 unspecified atom stereocenters. The lowest BCUT2D eigenvalue weighted by Gasteiger charge is -2.13. The monoisotopic (exact) mass is 249 g/mol. The van der Waals surface area contributed by atoms with Crippen molar-refractivity contribution in [1.29, 1.82) is 0 Å². The fraction of sp³-hybridized carbons (Fsp3) is 0.533. The first kappa shape index (κ1) is 14.7. The van der Waals surface area contributed by atoms with Crippen molar-refractivity contribution in [2.45, 2.75) is 39.7 Å². The lowest BCUT2D eigenvalue weighted by atomic mass is 9.98. The van der Waals surface area contributed by atoms with Crippen LogP contribution in [0.25, 0.3) is 0 Å². The number of methoxy groups -OCH3 is 1. The SMILES string of the molecule is COc1ccc(C(C)C)cc1C(=O)CNC(C)C. The molecule has 0 atom stereocenters. The molecule has 0 saturated carbocycles. The Bertz CT molecular complexity index is 411. The fourth-order valence-corrected chi connectivity index (χ4v) is 1.69. The minimum atomic E-state index is 0.0723. The summed E-state index contributed by atoms with van der Waals surface area (Å²) in [5.41, 5.74) is 1.82. The van der Waals surface area contributed by atoms with Gasteiger partial charge in [0, 0.05) is 6.04 Å². The van der Waals surface area contributed by atoms with Crippen molar-refractivity contribution >= 4 is 5.78 Å². The van der Waals surface area contributed by atoms with E-state index in [0.29, 0.717) is 29.8 Å². The van der Waals surface area contributed by atoms with Gasteiger partial charge in [0.25, 0.3) is 0 Å². The smallest absolute Gasteiger partial charge is 0.180 e. The van der Waals surface area contributed by atoms with Crippen LogP contribution in [0.3, 0.4) is 0 Å². The molecule has 3 heteroatoms. The minimum absolute atomic E-state index is 0.0723. The Morgan fingerprint density at radius 2 is 1.94 bits per heavy atom. The molecule has 0 saturated heterocycles. The number of hydrogen-bond acceptors (Lipinski definition) is 3. The Morgan fingerprint density at radius 3 is 2.44 bits per heavy atom. The van der Waals surface area contributed by atoms with E-state index in [1.54, 1.807) is 7.11 Å². The van der Waals surface area contributed by atoms with Crippen LogP contribution in [0.1, 0.15) is 49.5 Å². The number of benzene rings is 1. The molecule has 100 valence electrons. The van der Waals surface area contributed by atoms with Gasteiger partial charge in [0.15, 0.2) is 5.78 Å². The second kappa shape index (κ2) is 6.55. The molecule has 0 fully saturated rings. The van der Waals surface area contributed by atoms with Gasteiger partial charge in [0.05, 0.1) is 19.2 Å². The van der Waals surface area contributed by atoms with Crippen LogP contribution in [0.5, 0.6) is 5.75 Å². The predicted octanol–water partition coefficient (Wildman–Crippen LogP) is 3.00. The Balaban J connectivity index is 2.96. The lowest BCUT2D eigenvalue weighted by molar-refractivity contribution is 0.0985. The first-order valence-corrected chi connectivity index (χ1v) is 6.40. The Morgan fingerprint density at radius 1 is 1.28 bits per heavy atom. The van der Waals surface area contributed by atoms with Crippen molar-refractivity contribution in [3.05, 3.63) is 29.3 Å². The van der Waals surface area contributed by atoms with Crippen LogP contribution < -0.4 is 10.1 Å². The maximum atomic E-state index is 12.2. The number of hydrogen-bond donors (Lipinski definition) is 1. The average molecular weight is 249 g/mol. The highest BCUT2D eigenvalue weighted by molar-refractivity contribution is 6.00. The highest BCUT2D eigenvalue weighted by Gasteiger charge is 2.14. The van der Waals surface area contributed by atoms with Gasteiger partial charge in [-0.1, -0.05) is 33.8 Å². The highest BCUT2D eigenvalue weighted by atomic mass is 16.5. The maximum Gasteiger partial charge on any atom is 0.180 e. The maximum absolute atomic E-state index is 12.2. The number of carbonyl (C=O) groups is 1. The van der Waals surface area contributed by atoms with Gasteiger partial charge in [-0.25, -0.2) is 0 Å². The average Bonchev–Trinajstić information content (AvgIpc) is 2.34. The summed E-state index contributed by atoms with van der Waals surface area (Å²) >= 11 is 0. The van der Waals surface area contributed by atoms with Crippen LogP contribution in [-0.2, 0) is 0 Å². The van der Waals surface area contributed by atoms with E-state index in [0.717, 1.165) is 5.56 Å².